The third kappa shape index (κ3) is 3.65. The van der Waals surface area contributed by atoms with E-state index in [1.54, 1.807) is 37.4 Å². The Morgan fingerprint density at radius 2 is 1.92 bits per heavy atom. The zero-order chi connectivity index (χ0) is 18.0. The summed E-state index contributed by atoms with van der Waals surface area (Å²) in [6.45, 7) is 4.19. The Bertz CT molecular complexity index is 796. The molecule has 2 aromatic carbocycles. The number of benzene rings is 2. The van der Waals surface area contributed by atoms with E-state index in [-0.39, 0.29) is 5.91 Å². The van der Waals surface area contributed by atoms with Gasteiger partial charge in [-0.2, -0.15) is 0 Å². The molecule has 25 heavy (non-hydrogen) atoms. The fraction of sp³-hybridized carbons (Fsp3) is 0.300. The van der Waals surface area contributed by atoms with Gasteiger partial charge >= 0.3 is 5.97 Å². The highest BCUT2D eigenvalue weighted by Crippen LogP contribution is 2.26. The standard InChI is InChI=1S/C20H21NO4/c1-12(2)13-4-9-17-14(10-13)11-18(25-20(17)23)19(22)21-15-5-7-16(24-3)8-6-15/h4-10,12,18H,11H2,1-3H3,(H,21,22). The number of ether oxygens (including phenoxy) is 2. The summed E-state index contributed by atoms with van der Waals surface area (Å²) in [4.78, 5) is 24.7. The Morgan fingerprint density at radius 3 is 2.56 bits per heavy atom. The van der Waals surface area contributed by atoms with Gasteiger partial charge in [-0.1, -0.05) is 26.0 Å². The molecular weight excluding hydrogens is 318 g/mol. The molecule has 5 nitrogen and oxygen atoms in total. The molecule has 1 unspecified atom stereocenters. The second kappa shape index (κ2) is 6.97. The van der Waals surface area contributed by atoms with Crippen molar-refractivity contribution in [3.63, 3.8) is 0 Å². The van der Waals surface area contributed by atoms with E-state index in [2.05, 4.69) is 19.2 Å². The number of rotatable bonds is 4. The number of carbonyl (C=O) groups excluding carboxylic acids is 2. The number of hydrogen-bond acceptors (Lipinski definition) is 4. The first-order valence-corrected chi connectivity index (χ1v) is 8.26. The van der Waals surface area contributed by atoms with E-state index in [4.69, 9.17) is 9.47 Å². The third-order valence-electron chi connectivity index (χ3n) is 4.32. The maximum absolute atomic E-state index is 12.5. The zero-order valence-corrected chi connectivity index (χ0v) is 14.5. The molecule has 1 amide bonds. The van der Waals surface area contributed by atoms with Crippen molar-refractivity contribution in [3.05, 3.63) is 59.2 Å². The first-order valence-electron chi connectivity index (χ1n) is 8.26. The number of cyclic esters (lactones) is 1. The van der Waals surface area contributed by atoms with Crippen LogP contribution in [0.5, 0.6) is 5.75 Å². The van der Waals surface area contributed by atoms with Crippen LogP contribution in [0.1, 0.15) is 41.3 Å². The average molecular weight is 339 g/mol. The summed E-state index contributed by atoms with van der Waals surface area (Å²) in [5.74, 6) is 0.276. The van der Waals surface area contributed by atoms with Crippen molar-refractivity contribution in [2.24, 2.45) is 0 Å². The van der Waals surface area contributed by atoms with Crippen LogP contribution in [0.15, 0.2) is 42.5 Å². The summed E-state index contributed by atoms with van der Waals surface area (Å²) in [7, 11) is 1.58. The van der Waals surface area contributed by atoms with Crippen LogP contribution in [-0.4, -0.2) is 25.1 Å². The molecule has 5 heteroatoms. The van der Waals surface area contributed by atoms with Gasteiger partial charge in [-0.3, -0.25) is 4.79 Å². The first-order chi connectivity index (χ1) is 12.0. The summed E-state index contributed by atoms with van der Waals surface area (Å²) < 4.78 is 10.4. The summed E-state index contributed by atoms with van der Waals surface area (Å²) in [5, 5.41) is 2.78. The lowest BCUT2D eigenvalue weighted by Gasteiger charge is -2.24. The molecule has 0 radical (unpaired) electrons. The number of esters is 1. The number of carbonyl (C=O) groups is 2. The molecule has 1 N–H and O–H groups in total. The highest BCUT2D eigenvalue weighted by molar-refractivity contribution is 6.00. The number of hydrogen-bond donors (Lipinski definition) is 1. The molecule has 1 aliphatic heterocycles. The van der Waals surface area contributed by atoms with Crippen molar-refractivity contribution in [2.75, 3.05) is 12.4 Å². The third-order valence-corrected chi connectivity index (χ3v) is 4.32. The van der Waals surface area contributed by atoms with Crippen LogP contribution in [0.3, 0.4) is 0 Å². The lowest BCUT2D eigenvalue weighted by Crippen LogP contribution is -2.38. The Morgan fingerprint density at radius 1 is 1.20 bits per heavy atom. The number of methoxy groups -OCH3 is 1. The van der Waals surface area contributed by atoms with E-state index in [1.165, 1.54) is 0 Å². The predicted molar refractivity (Wildman–Crippen MR) is 95.1 cm³/mol. The van der Waals surface area contributed by atoms with Gasteiger partial charge in [0, 0.05) is 12.1 Å². The van der Waals surface area contributed by atoms with E-state index in [1.807, 2.05) is 12.1 Å². The van der Waals surface area contributed by atoms with E-state index < -0.39 is 12.1 Å². The smallest absolute Gasteiger partial charge is 0.339 e. The van der Waals surface area contributed by atoms with Crippen molar-refractivity contribution < 1.29 is 19.1 Å². The minimum atomic E-state index is -0.829. The SMILES string of the molecule is COc1ccc(NC(=O)C2Cc3cc(C(C)C)ccc3C(=O)O2)cc1. The van der Waals surface area contributed by atoms with Gasteiger partial charge in [-0.05, 0) is 47.4 Å². The van der Waals surface area contributed by atoms with Crippen molar-refractivity contribution in [2.45, 2.75) is 32.3 Å². The second-order valence-electron chi connectivity index (χ2n) is 6.39. The van der Waals surface area contributed by atoms with E-state index in [0.717, 1.165) is 11.1 Å². The Kier molecular flexibility index (Phi) is 4.74. The van der Waals surface area contributed by atoms with Gasteiger partial charge in [0.2, 0.25) is 0 Å². The zero-order valence-electron chi connectivity index (χ0n) is 14.5. The molecular formula is C20H21NO4. The van der Waals surface area contributed by atoms with Crippen LogP contribution in [0.2, 0.25) is 0 Å². The summed E-state index contributed by atoms with van der Waals surface area (Å²) >= 11 is 0. The van der Waals surface area contributed by atoms with Gasteiger partial charge < -0.3 is 14.8 Å². The van der Waals surface area contributed by atoms with Crippen LogP contribution < -0.4 is 10.1 Å². The number of amides is 1. The van der Waals surface area contributed by atoms with E-state index in [9.17, 15) is 9.59 Å². The van der Waals surface area contributed by atoms with Crippen molar-refractivity contribution >= 4 is 17.6 Å². The van der Waals surface area contributed by atoms with E-state index in [0.29, 0.717) is 29.3 Å². The summed E-state index contributed by atoms with van der Waals surface area (Å²) in [5.41, 5.74) is 3.17. The maximum atomic E-state index is 12.5. The highest BCUT2D eigenvalue weighted by atomic mass is 16.5. The molecule has 1 atom stereocenters. The van der Waals surface area contributed by atoms with Crippen LogP contribution in [0, 0.1) is 0 Å². The Hall–Kier alpha value is -2.82. The first kappa shape index (κ1) is 17.0. The highest BCUT2D eigenvalue weighted by Gasteiger charge is 2.31. The molecule has 0 bridgehead atoms. The van der Waals surface area contributed by atoms with Gasteiger partial charge in [-0.15, -0.1) is 0 Å². The van der Waals surface area contributed by atoms with Crippen molar-refractivity contribution in [3.8, 4) is 5.75 Å². The monoisotopic (exact) mass is 339 g/mol. The molecule has 0 fully saturated rings. The molecule has 2 aromatic rings. The van der Waals surface area contributed by atoms with Gasteiger partial charge in [0.05, 0.1) is 12.7 Å². The molecule has 0 aliphatic carbocycles. The van der Waals surface area contributed by atoms with Crippen molar-refractivity contribution in [1.82, 2.24) is 0 Å². The van der Waals surface area contributed by atoms with Crippen LogP contribution in [0.25, 0.3) is 0 Å². The van der Waals surface area contributed by atoms with Crippen LogP contribution >= 0.6 is 0 Å². The molecule has 0 saturated heterocycles. The molecule has 1 aliphatic rings. The second-order valence-corrected chi connectivity index (χ2v) is 6.39. The fourth-order valence-electron chi connectivity index (χ4n) is 2.82. The number of anilines is 1. The molecule has 0 aromatic heterocycles. The van der Waals surface area contributed by atoms with Gasteiger partial charge in [0.1, 0.15) is 5.75 Å². The lowest BCUT2D eigenvalue weighted by atomic mass is 9.92. The topological polar surface area (TPSA) is 64.6 Å². The maximum Gasteiger partial charge on any atom is 0.339 e. The fourth-order valence-corrected chi connectivity index (χ4v) is 2.82. The molecule has 0 saturated carbocycles. The molecule has 3 rings (SSSR count). The molecule has 0 spiro atoms. The lowest BCUT2D eigenvalue weighted by molar-refractivity contribution is -0.125. The van der Waals surface area contributed by atoms with Crippen LogP contribution in [-0.2, 0) is 16.0 Å². The minimum absolute atomic E-state index is 0.334. The molecule has 130 valence electrons. The van der Waals surface area contributed by atoms with Crippen LogP contribution in [0.4, 0.5) is 5.69 Å². The largest absolute Gasteiger partial charge is 0.497 e. The Balaban J connectivity index is 1.76. The van der Waals surface area contributed by atoms with Gasteiger partial charge in [-0.25, -0.2) is 4.79 Å². The Labute approximate surface area is 147 Å². The summed E-state index contributed by atoms with van der Waals surface area (Å²) in [6.07, 6.45) is -0.451. The van der Waals surface area contributed by atoms with Gasteiger partial charge in [0.25, 0.3) is 5.91 Å². The average Bonchev–Trinajstić information content (AvgIpc) is 2.61. The van der Waals surface area contributed by atoms with Crippen molar-refractivity contribution in [1.29, 1.82) is 0 Å². The normalized spacial score (nSPS) is 16.2. The minimum Gasteiger partial charge on any atom is -0.497 e. The quantitative estimate of drug-likeness (QED) is 0.866. The van der Waals surface area contributed by atoms with E-state index >= 15 is 0 Å². The van der Waals surface area contributed by atoms with Gasteiger partial charge in [0.15, 0.2) is 6.10 Å². The number of fused-ring (bicyclic) bond motifs is 1. The predicted octanol–water partition coefficient (Wildman–Crippen LogP) is 3.54. The molecule has 1 heterocycles. The summed E-state index contributed by atoms with van der Waals surface area (Å²) in [6, 6.07) is 12.7. The number of nitrogens with one attached hydrogen (secondary N) is 1.